The van der Waals surface area contributed by atoms with Gasteiger partial charge in [0.2, 0.25) is 0 Å². The van der Waals surface area contributed by atoms with Crippen LogP contribution in [0.3, 0.4) is 0 Å². The van der Waals surface area contributed by atoms with Crippen LogP contribution >= 0.6 is 24.0 Å². The second kappa shape index (κ2) is 14.1. The van der Waals surface area contributed by atoms with E-state index in [9.17, 15) is 0 Å². The molecule has 2 rings (SSSR count). The zero-order valence-corrected chi connectivity index (χ0v) is 18.5. The highest BCUT2D eigenvalue weighted by Crippen LogP contribution is 2.20. The van der Waals surface area contributed by atoms with Crippen LogP contribution in [0.2, 0.25) is 0 Å². The van der Waals surface area contributed by atoms with Crippen LogP contribution < -0.4 is 15.4 Å². The molecule has 6 heteroatoms. The number of halogens is 1. The van der Waals surface area contributed by atoms with Crippen molar-refractivity contribution in [2.75, 3.05) is 33.9 Å². The number of hydrogen-bond donors (Lipinski definition) is 2. The molecular weight excluding hydrogens is 441 g/mol. The van der Waals surface area contributed by atoms with E-state index in [1.54, 1.807) is 14.2 Å². The predicted molar refractivity (Wildman–Crippen MR) is 119 cm³/mol. The third kappa shape index (κ3) is 8.58. The molecule has 0 spiro atoms. The number of benzene rings is 1. The van der Waals surface area contributed by atoms with Crippen molar-refractivity contribution in [3.63, 3.8) is 0 Å². The average Bonchev–Trinajstić information content (AvgIpc) is 2.67. The first-order valence-corrected chi connectivity index (χ1v) is 9.51. The van der Waals surface area contributed by atoms with Crippen LogP contribution in [0.25, 0.3) is 0 Å². The van der Waals surface area contributed by atoms with Crippen LogP contribution in [0.5, 0.6) is 5.75 Å². The molecule has 1 aliphatic rings. The first kappa shape index (κ1) is 23.0. The van der Waals surface area contributed by atoms with Crippen molar-refractivity contribution in [1.82, 2.24) is 10.6 Å². The first-order valence-electron chi connectivity index (χ1n) is 9.51. The Bertz CT molecular complexity index is 520. The van der Waals surface area contributed by atoms with Crippen LogP contribution in [0.4, 0.5) is 0 Å². The fourth-order valence-corrected chi connectivity index (χ4v) is 3.21. The second-order valence-corrected chi connectivity index (χ2v) is 6.47. The van der Waals surface area contributed by atoms with Crippen molar-refractivity contribution in [1.29, 1.82) is 0 Å². The summed E-state index contributed by atoms with van der Waals surface area (Å²) in [7, 11) is 3.51. The Kier molecular flexibility index (Phi) is 12.5. The van der Waals surface area contributed by atoms with Gasteiger partial charge in [-0.25, -0.2) is 0 Å². The number of ether oxygens (including phenoxy) is 2. The van der Waals surface area contributed by atoms with E-state index in [-0.39, 0.29) is 24.0 Å². The van der Waals surface area contributed by atoms with Crippen LogP contribution in [0.15, 0.2) is 29.3 Å². The molecule has 0 radical (unpaired) electrons. The van der Waals surface area contributed by atoms with Gasteiger partial charge in [0.25, 0.3) is 0 Å². The quantitative estimate of drug-likeness (QED) is 0.247. The molecule has 0 bridgehead atoms. The summed E-state index contributed by atoms with van der Waals surface area (Å²) in [6.45, 7) is 2.52. The van der Waals surface area contributed by atoms with Crippen molar-refractivity contribution < 1.29 is 9.47 Å². The van der Waals surface area contributed by atoms with E-state index >= 15 is 0 Å². The number of methoxy groups -OCH3 is 1. The Morgan fingerprint density at radius 2 is 1.85 bits per heavy atom. The molecule has 1 aromatic rings. The van der Waals surface area contributed by atoms with Crippen molar-refractivity contribution in [2.45, 2.75) is 51.0 Å². The first-order chi connectivity index (χ1) is 12.3. The van der Waals surface area contributed by atoms with Gasteiger partial charge < -0.3 is 20.1 Å². The molecule has 1 aromatic carbocycles. The molecule has 0 atom stereocenters. The number of nitrogens with one attached hydrogen (secondary N) is 2. The molecular formula is C20H34IN3O2. The van der Waals surface area contributed by atoms with Crippen molar-refractivity contribution in [3.8, 4) is 5.75 Å². The minimum absolute atomic E-state index is 0. The van der Waals surface area contributed by atoms with E-state index in [0.29, 0.717) is 6.10 Å². The number of rotatable bonds is 9. The van der Waals surface area contributed by atoms with Crippen molar-refractivity contribution >= 4 is 29.9 Å². The van der Waals surface area contributed by atoms with E-state index in [0.717, 1.165) is 44.2 Å². The number of nitrogens with zero attached hydrogens (tertiary/aromatic N) is 1. The number of guanidine groups is 1. The summed E-state index contributed by atoms with van der Waals surface area (Å²) < 4.78 is 11.3. The van der Waals surface area contributed by atoms with Gasteiger partial charge in [0.1, 0.15) is 5.75 Å². The lowest BCUT2D eigenvalue weighted by Gasteiger charge is -2.22. The van der Waals surface area contributed by atoms with Crippen LogP contribution in [0.1, 0.15) is 44.1 Å². The van der Waals surface area contributed by atoms with Crippen LogP contribution in [-0.4, -0.2) is 45.9 Å². The highest BCUT2D eigenvalue weighted by Gasteiger charge is 2.12. The second-order valence-electron chi connectivity index (χ2n) is 6.47. The minimum atomic E-state index is 0. The molecule has 0 heterocycles. The fourth-order valence-electron chi connectivity index (χ4n) is 3.21. The standard InChI is InChI=1S/C20H33N3O2.HI/c1-21-20(22-14-8-16-25-18-10-4-3-5-11-18)23-15-13-17-9-6-7-12-19(17)24-2;/h6-7,9,12,18H,3-5,8,10-11,13-16H2,1-2H3,(H2,21,22,23);1H. The van der Waals surface area contributed by atoms with E-state index < -0.39 is 0 Å². The highest BCUT2D eigenvalue weighted by molar-refractivity contribution is 14.0. The largest absolute Gasteiger partial charge is 0.496 e. The Balaban J connectivity index is 0.00000338. The van der Waals surface area contributed by atoms with Crippen LogP contribution in [0, 0.1) is 0 Å². The minimum Gasteiger partial charge on any atom is -0.496 e. The SMILES string of the molecule is CN=C(NCCCOC1CCCCC1)NCCc1ccccc1OC.I. The van der Waals surface area contributed by atoms with Gasteiger partial charge in [0.05, 0.1) is 13.2 Å². The molecule has 0 saturated heterocycles. The molecule has 26 heavy (non-hydrogen) atoms. The number of aliphatic imine (C=N–C) groups is 1. The van der Waals surface area contributed by atoms with E-state index in [2.05, 4.69) is 21.7 Å². The van der Waals surface area contributed by atoms with E-state index in [1.807, 2.05) is 18.2 Å². The van der Waals surface area contributed by atoms with Gasteiger partial charge >= 0.3 is 0 Å². The normalized spacial score (nSPS) is 15.2. The summed E-state index contributed by atoms with van der Waals surface area (Å²) in [6, 6.07) is 8.12. The van der Waals surface area contributed by atoms with Gasteiger partial charge in [0.15, 0.2) is 5.96 Å². The lowest BCUT2D eigenvalue weighted by atomic mass is 9.98. The van der Waals surface area contributed by atoms with Gasteiger partial charge in [-0.1, -0.05) is 37.5 Å². The number of para-hydroxylation sites is 1. The maximum absolute atomic E-state index is 5.95. The molecule has 1 fully saturated rings. The summed E-state index contributed by atoms with van der Waals surface area (Å²) in [5, 5.41) is 6.70. The zero-order chi connectivity index (χ0) is 17.7. The summed E-state index contributed by atoms with van der Waals surface area (Å²) in [6.07, 6.45) is 8.89. The molecule has 148 valence electrons. The fraction of sp³-hybridized carbons (Fsp3) is 0.650. The average molecular weight is 475 g/mol. The highest BCUT2D eigenvalue weighted by atomic mass is 127. The molecule has 0 amide bonds. The molecule has 0 unspecified atom stereocenters. The molecule has 1 aliphatic carbocycles. The topological polar surface area (TPSA) is 54.9 Å². The van der Waals surface area contributed by atoms with Gasteiger partial charge in [-0.2, -0.15) is 0 Å². The van der Waals surface area contributed by atoms with Crippen molar-refractivity contribution in [2.24, 2.45) is 4.99 Å². The van der Waals surface area contributed by atoms with E-state index in [1.165, 1.54) is 37.7 Å². The summed E-state index contributed by atoms with van der Waals surface area (Å²) >= 11 is 0. The van der Waals surface area contributed by atoms with Gasteiger partial charge in [-0.3, -0.25) is 4.99 Å². The Hall–Kier alpha value is -1.02. The Morgan fingerprint density at radius 3 is 2.58 bits per heavy atom. The maximum atomic E-state index is 5.95. The van der Waals surface area contributed by atoms with Gasteiger partial charge in [-0.05, 0) is 37.3 Å². The van der Waals surface area contributed by atoms with Crippen LogP contribution in [-0.2, 0) is 11.2 Å². The lowest BCUT2D eigenvalue weighted by Crippen LogP contribution is -2.39. The monoisotopic (exact) mass is 475 g/mol. The molecule has 0 aliphatic heterocycles. The van der Waals surface area contributed by atoms with Gasteiger partial charge in [-0.15, -0.1) is 24.0 Å². The molecule has 0 aromatic heterocycles. The summed E-state index contributed by atoms with van der Waals surface area (Å²) in [5.41, 5.74) is 1.20. The Labute approximate surface area is 175 Å². The zero-order valence-electron chi connectivity index (χ0n) is 16.1. The van der Waals surface area contributed by atoms with Crippen molar-refractivity contribution in [3.05, 3.63) is 29.8 Å². The third-order valence-electron chi connectivity index (χ3n) is 4.62. The smallest absolute Gasteiger partial charge is 0.190 e. The molecule has 2 N–H and O–H groups in total. The van der Waals surface area contributed by atoms with E-state index in [4.69, 9.17) is 9.47 Å². The Morgan fingerprint density at radius 1 is 1.12 bits per heavy atom. The predicted octanol–water partition coefficient (Wildman–Crippen LogP) is 3.76. The lowest BCUT2D eigenvalue weighted by molar-refractivity contribution is 0.0277. The molecule has 5 nitrogen and oxygen atoms in total. The number of hydrogen-bond acceptors (Lipinski definition) is 3. The van der Waals surface area contributed by atoms with Gasteiger partial charge in [0, 0.05) is 26.7 Å². The molecule has 1 saturated carbocycles. The third-order valence-corrected chi connectivity index (χ3v) is 4.62. The summed E-state index contributed by atoms with van der Waals surface area (Å²) in [5.74, 6) is 1.78. The summed E-state index contributed by atoms with van der Waals surface area (Å²) in [4.78, 5) is 4.27. The maximum Gasteiger partial charge on any atom is 0.190 e.